The second-order valence-corrected chi connectivity index (χ2v) is 6.13. The highest BCUT2D eigenvalue weighted by molar-refractivity contribution is 5.87. The smallest absolute Gasteiger partial charge is 0.335 e. The molecule has 3 atom stereocenters. The number of carboxylic acid groups (broad SMARTS) is 1. The third-order valence-electron chi connectivity index (χ3n) is 4.84. The summed E-state index contributed by atoms with van der Waals surface area (Å²) in [6, 6.07) is 12.0. The number of fused-ring (bicyclic) bond motifs is 3. The Kier molecular flexibility index (Phi) is 3.18. The van der Waals surface area contributed by atoms with E-state index in [1.807, 2.05) is 12.1 Å². The summed E-state index contributed by atoms with van der Waals surface area (Å²) in [5.74, 6) is -0.616. The third-order valence-corrected chi connectivity index (χ3v) is 4.84. The second-order valence-electron chi connectivity index (χ2n) is 6.13. The molecule has 3 nitrogen and oxygen atoms in total. The molecule has 2 aliphatic rings. The molecule has 0 saturated carbocycles. The molecule has 2 aromatic rings. The Morgan fingerprint density at radius 1 is 1.17 bits per heavy atom. The van der Waals surface area contributed by atoms with Gasteiger partial charge in [-0.2, -0.15) is 0 Å². The average Bonchev–Trinajstić information content (AvgIpc) is 3.04. The number of carboxylic acids is 1. The summed E-state index contributed by atoms with van der Waals surface area (Å²) in [5, 5.41) is 12.5. The lowest BCUT2D eigenvalue weighted by Gasteiger charge is -2.37. The molecule has 1 heterocycles. The molecule has 0 spiro atoms. The zero-order valence-electron chi connectivity index (χ0n) is 12.4. The maximum absolute atomic E-state index is 13.6. The number of allylic oxidation sites excluding steroid dienone is 2. The molecule has 2 N–H and O–H groups in total. The highest BCUT2D eigenvalue weighted by Gasteiger charge is 2.37. The fourth-order valence-corrected chi connectivity index (χ4v) is 3.73. The monoisotopic (exact) mass is 309 g/mol. The Morgan fingerprint density at radius 2 is 1.96 bits per heavy atom. The lowest BCUT2D eigenvalue weighted by Crippen LogP contribution is -2.29. The van der Waals surface area contributed by atoms with Gasteiger partial charge in [0.05, 0.1) is 11.6 Å². The number of carbonyl (C=O) groups is 1. The van der Waals surface area contributed by atoms with Crippen LogP contribution < -0.4 is 5.32 Å². The molecule has 0 fully saturated rings. The van der Waals surface area contributed by atoms with E-state index in [9.17, 15) is 9.18 Å². The molecule has 0 radical (unpaired) electrons. The minimum Gasteiger partial charge on any atom is -0.478 e. The Hall–Kier alpha value is -2.62. The van der Waals surface area contributed by atoms with Gasteiger partial charge in [-0.1, -0.05) is 24.3 Å². The van der Waals surface area contributed by atoms with Crippen LogP contribution in [-0.4, -0.2) is 11.1 Å². The van der Waals surface area contributed by atoms with Crippen LogP contribution in [0, 0.1) is 11.7 Å². The molecule has 4 heteroatoms. The van der Waals surface area contributed by atoms with Gasteiger partial charge in [-0.3, -0.25) is 0 Å². The van der Waals surface area contributed by atoms with E-state index in [0.717, 1.165) is 23.2 Å². The predicted octanol–water partition coefficient (Wildman–Crippen LogP) is 4.35. The van der Waals surface area contributed by atoms with E-state index in [2.05, 4.69) is 17.5 Å². The van der Waals surface area contributed by atoms with Gasteiger partial charge < -0.3 is 10.4 Å². The number of rotatable bonds is 2. The SMILES string of the molecule is O=C(O)c1ccc([C@H]2Nc3ccc(F)cc3[C@@H]3C=CC[C@H]23)cc1. The van der Waals surface area contributed by atoms with Crippen molar-refractivity contribution in [2.75, 3.05) is 5.32 Å². The van der Waals surface area contributed by atoms with Crippen molar-refractivity contribution < 1.29 is 14.3 Å². The molecule has 1 aliphatic heterocycles. The fraction of sp³-hybridized carbons (Fsp3) is 0.211. The van der Waals surface area contributed by atoms with Gasteiger partial charge in [-0.25, -0.2) is 9.18 Å². The number of anilines is 1. The van der Waals surface area contributed by atoms with Crippen LogP contribution in [0.5, 0.6) is 0 Å². The topological polar surface area (TPSA) is 49.3 Å². The Balaban J connectivity index is 1.73. The molecule has 0 unspecified atom stereocenters. The largest absolute Gasteiger partial charge is 0.478 e. The molecular weight excluding hydrogens is 293 g/mol. The van der Waals surface area contributed by atoms with Crippen molar-refractivity contribution in [3.05, 3.63) is 77.1 Å². The maximum atomic E-state index is 13.6. The molecule has 116 valence electrons. The van der Waals surface area contributed by atoms with E-state index in [-0.39, 0.29) is 23.3 Å². The second kappa shape index (κ2) is 5.23. The molecule has 23 heavy (non-hydrogen) atoms. The summed E-state index contributed by atoms with van der Waals surface area (Å²) in [7, 11) is 0. The number of hydrogen-bond donors (Lipinski definition) is 2. The normalized spacial score (nSPS) is 24.7. The number of hydrogen-bond acceptors (Lipinski definition) is 2. The van der Waals surface area contributed by atoms with Crippen molar-refractivity contribution in [1.29, 1.82) is 0 Å². The first-order chi connectivity index (χ1) is 11.1. The first-order valence-corrected chi connectivity index (χ1v) is 7.69. The minimum atomic E-state index is -0.922. The van der Waals surface area contributed by atoms with Crippen molar-refractivity contribution in [3.63, 3.8) is 0 Å². The quantitative estimate of drug-likeness (QED) is 0.811. The molecule has 0 saturated heterocycles. The van der Waals surface area contributed by atoms with Crippen LogP contribution in [0.3, 0.4) is 0 Å². The van der Waals surface area contributed by atoms with Crippen LogP contribution in [0.15, 0.2) is 54.6 Å². The summed E-state index contributed by atoms with van der Waals surface area (Å²) in [6.45, 7) is 0. The van der Waals surface area contributed by atoms with Crippen LogP contribution in [0.4, 0.5) is 10.1 Å². The van der Waals surface area contributed by atoms with Crippen molar-refractivity contribution in [2.45, 2.75) is 18.4 Å². The lowest BCUT2D eigenvalue weighted by molar-refractivity contribution is 0.0697. The number of nitrogens with one attached hydrogen (secondary N) is 1. The number of halogens is 1. The molecule has 0 bridgehead atoms. The van der Waals surface area contributed by atoms with Crippen LogP contribution >= 0.6 is 0 Å². The number of benzene rings is 2. The van der Waals surface area contributed by atoms with Gasteiger partial charge >= 0.3 is 5.97 Å². The first-order valence-electron chi connectivity index (χ1n) is 7.69. The molecule has 2 aromatic carbocycles. The minimum absolute atomic E-state index is 0.0933. The van der Waals surface area contributed by atoms with Crippen molar-refractivity contribution >= 4 is 11.7 Å². The van der Waals surface area contributed by atoms with Crippen LogP contribution in [0.1, 0.15) is 39.9 Å². The van der Waals surface area contributed by atoms with Crippen molar-refractivity contribution in [3.8, 4) is 0 Å². The van der Waals surface area contributed by atoms with E-state index in [1.165, 1.54) is 6.07 Å². The van der Waals surface area contributed by atoms with E-state index < -0.39 is 5.97 Å². The van der Waals surface area contributed by atoms with Crippen LogP contribution in [-0.2, 0) is 0 Å². The first kappa shape index (κ1) is 14.0. The van der Waals surface area contributed by atoms with Gasteiger partial charge in [0.1, 0.15) is 5.82 Å². The number of aromatic carboxylic acids is 1. The zero-order valence-corrected chi connectivity index (χ0v) is 12.4. The lowest BCUT2D eigenvalue weighted by atomic mass is 9.77. The van der Waals surface area contributed by atoms with Gasteiger partial charge in [-0.15, -0.1) is 0 Å². The highest BCUT2D eigenvalue weighted by atomic mass is 19.1. The Labute approximate surface area is 133 Å². The van der Waals surface area contributed by atoms with Crippen molar-refractivity contribution in [2.24, 2.45) is 5.92 Å². The standard InChI is InChI=1S/C19H16FNO2/c20-13-8-9-17-16(10-13)14-2-1-3-15(14)18(21-17)11-4-6-12(7-5-11)19(22)23/h1-2,4-10,14-15,18,21H,3H2,(H,22,23)/t14-,15+,18-/m1/s1. The Bertz CT molecular complexity index is 798. The summed E-state index contributed by atoms with van der Waals surface area (Å²) in [4.78, 5) is 11.0. The average molecular weight is 309 g/mol. The fourth-order valence-electron chi connectivity index (χ4n) is 3.73. The van der Waals surface area contributed by atoms with Gasteiger partial charge in [0.15, 0.2) is 0 Å². The molecule has 0 amide bonds. The molecular formula is C19H16FNO2. The van der Waals surface area contributed by atoms with Crippen LogP contribution in [0.2, 0.25) is 0 Å². The molecule has 0 aromatic heterocycles. The van der Waals surface area contributed by atoms with Gasteiger partial charge in [0.25, 0.3) is 0 Å². The van der Waals surface area contributed by atoms with Gasteiger partial charge in [-0.05, 0) is 53.8 Å². The summed E-state index contributed by atoms with van der Waals surface area (Å²) in [5.41, 5.74) is 3.30. The summed E-state index contributed by atoms with van der Waals surface area (Å²) < 4.78 is 13.6. The van der Waals surface area contributed by atoms with E-state index in [4.69, 9.17) is 5.11 Å². The van der Waals surface area contributed by atoms with E-state index in [0.29, 0.717) is 5.92 Å². The van der Waals surface area contributed by atoms with E-state index in [1.54, 1.807) is 24.3 Å². The third kappa shape index (κ3) is 2.31. The van der Waals surface area contributed by atoms with Gasteiger partial charge in [0.2, 0.25) is 0 Å². The van der Waals surface area contributed by atoms with Crippen LogP contribution in [0.25, 0.3) is 0 Å². The van der Waals surface area contributed by atoms with E-state index >= 15 is 0 Å². The van der Waals surface area contributed by atoms with Gasteiger partial charge in [0, 0.05) is 11.6 Å². The predicted molar refractivity (Wildman–Crippen MR) is 86.2 cm³/mol. The van der Waals surface area contributed by atoms with Crippen molar-refractivity contribution in [1.82, 2.24) is 0 Å². The summed E-state index contributed by atoms with van der Waals surface area (Å²) >= 11 is 0. The maximum Gasteiger partial charge on any atom is 0.335 e. The zero-order chi connectivity index (χ0) is 16.0. The highest BCUT2D eigenvalue weighted by Crippen LogP contribution is 2.49. The molecule has 1 aliphatic carbocycles. The Morgan fingerprint density at radius 3 is 2.70 bits per heavy atom. The summed E-state index contributed by atoms with van der Waals surface area (Å²) in [6.07, 6.45) is 5.23. The molecule has 4 rings (SSSR count).